The first-order chi connectivity index (χ1) is 12.2. The van der Waals surface area contributed by atoms with Crippen LogP contribution in [0.2, 0.25) is 0 Å². The quantitative estimate of drug-likeness (QED) is 0.657. The summed E-state index contributed by atoms with van der Waals surface area (Å²) in [4.78, 5) is 16.6. The average Bonchev–Trinajstić information content (AvgIpc) is 2.98. The van der Waals surface area contributed by atoms with Gasteiger partial charge in [-0.05, 0) is 68.3 Å². The molecule has 0 saturated carbocycles. The number of carbonyl (C=O) groups excluding carboxylic acids is 1. The first kappa shape index (κ1) is 18.0. The van der Waals surface area contributed by atoms with E-state index in [1.165, 1.54) is 19.1 Å². The summed E-state index contributed by atoms with van der Waals surface area (Å²) in [5, 5.41) is 0. The van der Waals surface area contributed by atoms with Gasteiger partial charge < -0.3 is 9.32 Å². The molecule has 2 aromatic carbocycles. The lowest BCUT2D eigenvalue weighted by Gasteiger charge is -2.22. The third-order valence-corrected chi connectivity index (χ3v) is 4.23. The number of amides is 1. The molecule has 0 bridgehead atoms. The highest BCUT2D eigenvalue weighted by atomic mass is 19.4. The molecule has 0 N–H and O–H groups in total. The second-order valence-corrected chi connectivity index (χ2v) is 6.02. The molecule has 0 saturated heterocycles. The van der Waals surface area contributed by atoms with Crippen LogP contribution in [-0.4, -0.2) is 23.6 Å². The van der Waals surface area contributed by atoms with Crippen molar-refractivity contribution in [3.63, 3.8) is 0 Å². The van der Waals surface area contributed by atoms with E-state index in [9.17, 15) is 18.0 Å². The highest BCUT2D eigenvalue weighted by molar-refractivity contribution is 5.97. The number of fused-ring (bicyclic) bond motifs is 1. The highest BCUT2D eigenvalue weighted by Gasteiger charge is 2.42. The smallest absolute Gasteiger partial charge is 0.436 e. The van der Waals surface area contributed by atoms with Crippen molar-refractivity contribution in [3.8, 4) is 11.5 Å². The molecule has 1 amide bonds. The Labute approximate surface area is 148 Å². The van der Waals surface area contributed by atoms with Crippen LogP contribution in [0.15, 0.2) is 40.8 Å². The summed E-state index contributed by atoms with van der Waals surface area (Å²) in [6.07, 6.45) is -4.91. The van der Waals surface area contributed by atoms with E-state index in [4.69, 9.17) is 4.42 Å². The van der Waals surface area contributed by atoms with Crippen molar-refractivity contribution >= 4 is 22.7 Å². The number of halogens is 3. The van der Waals surface area contributed by atoms with Crippen molar-refractivity contribution in [1.82, 2.24) is 4.98 Å². The summed E-state index contributed by atoms with van der Waals surface area (Å²) in [5.74, 6) is -1.51. The molecule has 4 nitrogen and oxygen atoms in total. The number of benzene rings is 2. The van der Waals surface area contributed by atoms with E-state index in [1.807, 2.05) is 26.0 Å². The molecule has 0 fully saturated rings. The molecule has 3 aromatic rings. The average molecular weight is 362 g/mol. The van der Waals surface area contributed by atoms with Crippen LogP contribution in [0.5, 0.6) is 0 Å². The topological polar surface area (TPSA) is 46.3 Å². The molecule has 0 radical (unpaired) electrons. The third-order valence-electron chi connectivity index (χ3n) is 4.23. The summed E-state index contributed by atoms with van der Waals surface area (Å²) in [6.45, 7) is 5.36. The molecule has 0 atom stereocenters. The number of carbonyl (C=O) groups is 1. The Hall–Kier alpha value is -2.83. The Morgan fingerprint density at radius 2 is 1.73 bits per heavy atom. The normalized spacial score (nSPS) is 11.8. The minimum absolute atomic E-state index is 0.0842. The molecule has 0 spiro atoms. The van der Waals surface area contributed by atoms with Gasteiger partial charge in [-0.3, -0.25) is 4.79 Å². The molecule has 1 aromatic heterocycles. The minimum Gasteiger partial charge on any atom is -0.436 e. The SMILES string of the molecule is CCN(C(=O)C(F)(F)F)c1ccc(-c2nc3cc(C)c(C)cc3o2)cc1. The van der Waals surface area contributed by atoms with Gasteiger partial charge in [-0.15, -0.1) is 0 Å². The van der Waals surface area contributed by atoms with Gasteiger partial charge in [0.25, 0.3) is 0 Å². The Balaban J connectivity index is 1.93. The van der Waals surface area contributed by atoms with Crippen LogP contribution in [0.1, 0.15) is 18.1 Å². The molecule has 0 aliphatic carbocycles. The summed E-state index contributed by atoms with van der Waals surface area (Å²) in [7, 11) is 0. The minimum atomic E-state index is -4.91. The molecule has 26 heavy (non-hydrogen) atoms. The van der Waals surface area contributed by atoms with Gasteiger partial charge in [0.15, 0.2) is 5.58 Å². The van der Waals surface area contributed by atoms with E-state index in [2.05, 4.69) is 4.98 Å². The fourth-order valence-electron chi connectivity index (χ4n) is 2.68. The van der Waals surface area contributed by atoms with Gasteiger partial charge >= 0.3 is 12.1 Å². The number of aryl methyl sites for hydroxylation is 2. The second-order valence-electron chi connectivity index (χ2n) is 6.02. The predicted octanol–water partition coefficient (Wildman–Crippen LogP) is 5.03. The molecular weight excluding hydrogens is 345 g/mol. The van der Waals surface area contributed by atoms with Crippen LogP contribution in [0.3, 0.4) is 0 Å². The Morgan fingerprint density at radius 3 is 2.31 bits per heavy atom. The Kier molecular flexibility index (Phi) is 4.48. The van der Waals surface area contributed by atoms with Gasteiger partial charge in [0, 0.05) is 17.8 Å². The highest BCUT2D eigenvalue weighted by Crippen LogP contribution is 2.29. The summed E-state index contributed by atoms with van der Waals surface area (Å²) in [6, 6.07) is 9.91. The number of aromatic nitrogens is 1. The fourth-order valence-corrected chi connectivity index (χ4v) is 2.68. The maximum Gasteiger partial charge on any atom is 0.471 e. The maximum atomic E-state index is 12.7. The molecule has 3 rings (SSSR count). The summed E-state index contributed by atoms with van der Waals surface area (Å²) in [5.41, 5.74) is 4.33. The lowest BCUT2D eigenvalue weighted by Crippen LogP contribution is -2.41. The second kappa shape index (κ2) is 6.48. The van der Waals surface area contributed by atoms with Gasteiger partial charge in [-0.2, -0.15) is 13.2 Å². The van der Waals surface area contributed by atoms with E-state index in [-0.39, 0.29) is 12.2 Å². The number of nitrogens with zero attached hydrogens (tertiary/aromatic N) is 2. The summed E-state index contributed by atoms with van der Waals surface area (Å²) < 4.78 is 43.8. The molecular formula is C19H17F3N2O2. The number of hydrogen-bond donors (Lipinski definition) is 0. The van der Waals surface area contributed by atoms with E-state index in [1.54, 1.807) is 12.1 Å². The molecule has 0 aliphatic rings. The van der Waals surface area contributed by atoms with Crippen LogP contribution in [0.4, 0.5) is 18.9 Å². The van der Waals surface area contributed by atoms with Crippen LogP contribution >= 0.6 is 0 Å². The van der Waals surface area contributed by atoms with E-state index in [0.717, 1.165) is 16.6 Å². The van der Waals surface area contributed by atoms with Crippen LogP contribution in [0.25, 0.3) is 22.6 Å². The van der Waals surface area contributed by atoms with Gasteiger partial charge in [0.05, 0.1) is 0 Å². The van der Waals surface area contributed by atoms with Crippen LogP contribution < -0.4 is 4.90 Å². The summed E-state index contributed by atoms with van der Waals surface area (Å²) >= 11 is 0. The number of hydrogen-bond acceptors (Lipinski definition) is 3. The van der Waals surface area contributed by atoms with Crippen LogP contribution in [0, 0.1) is 13.8 Å². The lowest BCUT2D eigenvalue weighted by atomic mass is 10.1. The first-order valence-electron chi connectivity index (χ1n) is 8.07. The van der Waals surface area contributed by atoms with Crippen molar-refractivity contribution in [1.29, 1.82) is 0 Å². The van der Waals surface area contributed by atoms with Crippen molar-refractivity contribution in [3.05, 3.63) is 47.5 Å². The van der Waals surface area contributed by atoms with Gasteiger partial charge in [-0.1, -0.05) is 0 Å². The van der Waals surface area contributed by atoms with E-state index in [0.29, 0.717) is 21.9 Å². The molecule has 7 heteroatoms. The Morgan fingerprint density at radius 1 is 1.12 bits per heavy atom. The number of oxazole rings is 1. The largest absolute Gasteiger partial charge is 0.471 e. The van der Waals surface area contributed by atoms with E-state index >= 15 is 0 Å². The number of rotatable bonds is 3. The third kappa shape index (κ3) is 3.29. The molecule has 136 valence electrons. The van der Waals surface area contributed by atoms with Crippen molar-refractivity contribution in [2.45, 2.75) is 26.9 Å². The predicted molar refractivity (Wildman–Crippen MR) is 93.0 cm³/mol. The zero-order valence-corrected chi connectivity index (χ0v) is 14.5. The van der Waals surface area contributed by atoms with Crippen LogP contribution in [-0.2, 0) is 4.79 Å². The van der Waals surface area contributed by atoms with Crippen molar-refractivity contribution in [2.75, 3.05) is 11.4 Å². The standard InChI is InChI=1S/C19H17F3N2O2/c1-4-24(18(25)19(20,21)22)14-7-5-13(6-8-14)17-23-15-9-11(2)12(3)10-16(15)26-17/h5-10H,4H2,1-3H3. The molecule has 0 unspecified atom stereocenters. The fraction of sp³-hybridized carbons (Fsp3) is 0.263. The maximum absolute atomic E-state index is 12.7. The number of anilines is 1. The van der Waals surface area contributed by atoms with Gasteiger partial charge in [0.1, 0.15) is 5.52 Å². The first-order valence-corrected chi connectivity index (χ1v) is 8.07. The van der Waals surface area contributed by atoms with E-state index < -0.39 is 12.1 Å². The van der Waals surface area contributed by atoms with Crippen molar-refractivity contribution < 1.29 is 22.4 Å². The van der Waals surface area contributed by atoms with Gasteiger partial charge in [0.2, 0.25) is 5.89 Å². The number of alkyl halides is 3. The molecule has 0 aliphatic heterocycles. The Bertz CT molecular complexity index is 920. The van der Waals surface area contributed by atoms with Gasteiger partial charge in [-0.25, -0.2) is 4.98 Å². The zero-order valence-electron chi connectivity index (χ0n) is 14.5. The lowest BCUT2D eigenvalue weighted by molar-refractivity contribution is -0.170. The monoisotopic (exact) mass is 362 g/mol. The zero-order chi connectivity index (χ0) is 19.1. The molecule has 1 heterocycles. The van der Waals surface area contributed by atoms with Crippen molar-refractivity contribution in [2.24, 2.45) is 0 Å².